The minimum Gasteiger partial charge on any atom is -0.465 e. The number of pyridine rings is 3. The van der Waals surface area contributed by atoms with Crippen LogP contribution in [0, 0.1) is 57.9 Å². The molecule has 1 fully saturated rings. The summed E-state index contributed by atoms with van der Waals surface area (Å²) in [6.45, 7) is 24.6. The third-order valence-electron chi connectivity index (χ3n) is 18.7. The number of nitrogens with one attached hydrogen (secondary N) is 2. The number of amides is 2. The number of hydrogen-bond acceptors (Lipinski definition) is 23. The lowest BCUT2D eigenvalue weighted by Crippen LogP contribution is -2.41. The van der Waals surface area contributed by atoms with Crippen molar-refractivity contribution >= 4 is 85.8 Å². The van der Waals surface area contributed by atoms with Gasteiger partial charge in [-0.05, 0) is 256 Å². The molecule has 1 saturated heterocycles. The van der Waals surface area contributed by atoms with Gasteiger partial charge in [0, 0.05) is 80.3 Å². The topological polar surface area (TPSA) is 353 Å². The van der Waals surface area contributed by atoms with Crippen molar-refractivity contribution in [3.63, 3.8) is 0 Å². The highest BCUT2D eigenvalue weighted by Gasteiger charge is 2.52. The number of halogens is 6. The number of aromatic nitrogens is 19. The molecule has 38 heteroatoms. The number of anilines is 2. The molecule has 0 unspecified atom stereocenters. The molecule has 0 bridgehead atoms. The first kappa shape index (κ1) is 91.2. The Morgan fingerprint density at radius 2 is 0.850 bits per heavy atom. The molecule has 4 aromatic carbocycles. The normalized spacial score (nSPS) is 12.3. The van der Waals surface area contributed by atoms with Crippen LogP contribution in [-0.4, -0.2) is 164 Å². The van der Waals surface area contributed by atoms with Gasteiger partial charge in [0.2, 0.25) is 11.6 Å². The predicted molar refractivity (Wildman–Crippen MR) is 447 cm³/mol. The molecule has 0 radical (unpaired) electrons. The molecular formula is C82H88BBr2F4N21O10. The highest BCUT2D eigenvalue weighted by atomic mass is 79.9. The molecule has 0 saturated carbocycles. The summed E-state index contributed by atoms with van der Waals surface area (Å²) in [7, 11) is 10.3. The number of methoxy groups -OCH3 is 3. The molecule has 0 spiro atoms. The Kier molecular flexibility index (Phi) is 30.2. The van der Waals surface area contributed by atoms with Gasteiger partial charge in [-0.25, -0.2) is 51.3 Å². The molecule has 1 aliphatic rings. The Morgan fingerprint density at radius 1 is 0.467 bits per heavy atom. The zero-order chi connectivity index (χ0) is 87.9. The van der Waals surface area contributed by atoms with Gasteiger partial charge in [-0.15, -0.1) is 10.2 Å². The van der Waals surface area contributed by atoms with E-state index in [0.717, 1.165) is 54.5 Å². The van der Waals surface area contributed by atoms with E-state index >= 15 is 0 Å². The first-order chi connectivity index (χ1) is 56.7. The summed E-state index contributed by atoms with van der Waals surface area (Å²) in [5.74, 6) is -3.71. The summed E-state index contributed by atoms with van der Waals surface area (Å²) in [6, 6.07) is 23.4. The van der Waals surface area contributed by atoms with Gasteiger partial charge < -0.3 is 34.2 Å². The number of esters is 3. The largest absolute Gasteiger partial charge is 0.495 e. The van der Waals surface area contributed by atoms with E-state index in [2.05, 4.69) is 123 Å². The number of carbonyl (C=O) groups excluding carboxylic acids is 5. The van der Waals surface area contributed by atoms with Gasteiger partial charge in [-0.1, -0.05) is 28.1 Å². The van der Waals surface area contributed by atoms with E-state index in [1.165, 1.54) is 69.9 Å². The van der Waals surface area contributed by atoms with Crippen molar-refractivity contribution in [3.8, 4) is 56.4 Å². The fourth-order valence-corrected chi connectivity index (χ4v) is 12.3. The molecule has 2 amide bonds. The standard InChI is InChI=1S/C21H21FN8O.C20H21N9O.C15H20BFO4.C13H13FN2O2.C9H8BrFO2.C4H5BrN2/c1-12(2)30-20(26-27-28-30)18-6-5-7-19(24-18)25-21(31)16-9-15(13(3)8-17(16)22)14-10-23-29(4)11-14;1-12(2)29-19(25-26-27-29)16-6-5-7-18(23-16)24-20(30)17-8-15(13(3)9-21-17)14-10-22-28(4)11-14;1-9-7-12(17)10(13(18)19-6)8-11(9)16-20-14(2,3)15(4,5)21-16;1-8-4-12(14)11(13(17)18-3)5-10(8)9-6-15-16(2)7-9;1-5-3-8(11)6(4-7(5)10)9(12)13-2;1-7-3-4(5)2-6-7/h5-12H,1-4H3,(H,24,25,31);5-12H,1-4H3,(H,23,24,30);7-8H,1-6H3;4-7H,1-3H3;3-4H,1-2H3;2-3H,1H3. The third-order valence-corrected chi connectivity index (χ3v) is 19.9. The van der Waals surface area contributed by atoms with Crippen molar-refractivity contribution < 1.29 is 65.1 Å². The molecule has 0 aliphatic carbocycles. The number of rotatable bonds is 15. The lowest BCUT2D eigenvalue weighted by Gasteiger charge is -2.32. The second kappa shape index (κ2) is 39.7. The Balaban J connectivity index is 0.000000172. The highest BCUT2D eigenvalue weighted by Crippen LogP contribution is 2.38. The number of benzene rings is 4. The van der Waals surface area contributed by atoms with E-state index < -0.39 is 65.4 Å². The van der Waals surface area contributed by atoms with Gasteiger partial charge in [0.15, 0.2) is 0 Å². The molecule has 9 aromatic heterocycles. The second-order valence-corrected chi connectivity index (χ2v) is 30.6. The van der Waals surface area contributed by atoms with Crippen LogP contribution in [0.25, 0.3) is 56.4 Å². The SMILES string of the molecule is COC(=O)c1cc(-c2cnn(C)c2)c(C)cc1F.COC(=O)c1cc(B2OC(C)(C)C(C)(C)O2)c(C)cc1F.COC(=O)c1cc(Br)c(C)cc1F.Cc1cc(F)c(C(=O)Nc2cccc(-c3nnnn3C(C)C)n2)cc1-c1cnn(C)c1.Cc1cnc(C(=O)Nc2cccc(-c3nnnn3C(C)C)n2)cc1-c1cnn(C)c1.Cn1cc(Br)cn1. The molecular weight excluding hydrogens is 1690 g/mol. The number of aryl methyl sites for hydroxylation is 9. The highest BCUT2D eigenvalue weighted by molar-refractivity contribution is 9.10. The van der Waals surface area contributed by atoms with E-state index in [0.29, 0.717) is 55.6 Å². The van der Waals surface area contributed by atoms with Crippen LogP contribution in [0.5, 0.6) is 0 Å². The fraction of sp³-hybridized carbons (Fsp3) is 0.293. The van der Waals surface area contributed by atoms with Crippen molar-refractivity contribution in [1.29, 1.82) is 0 Å². The smallest absolute Gasteiger partial charge is 0.465 e. The zero-order valence-electron chi connectivity index (χ0n) is 69.4. The van der Waals surface area contributed by atoms with Gasteiger partial charge in [0.05, 0.1) is 96.1 Å². The van der Waals surface area contributed by atoms with Crippen LogP contribution in [-0.2, 0) is 51.7 Å². The van der Waals surface area contributed by atoms with Crippen LogP contribution < -0.4 is 16.1 Å². The molecule has 120 heavy (non-hydrogen) atoms. The van der Waals surface area contributed by atoms with Crippen molar-refractivity contribution in [2.45, 2.75) is 113 Å². The molecule has 0 atom stereocenters. The first-order valence-corrected chi connectivity index (χ1v) is 38.5. The number of carbonyl (C=O) groups is 5. The van der Waals surface area contributed by atoms with Crippen LogP contribution in [0.1, 0.15) is 147 Å². The van der Waals surface area contributed by atoms with Crippen LogP contribution >= 0.6 is 31.9 Å². The maximum Gasteiger partial charge on any atom is 0.495 e. The minimum absolute atomic E-state index is 0.0394. The molecule has 626 valence electrons. The van der Waals surface area contributed by atoms with Gasteiger partial charge in [-0.3, -0.25) is 33.3 Å². The van der Waals surface area contributed by atoms with Gasteiger partial charge in [0.1, 0.15) is 52.0 Å². The second-order valence-electron chi connectivity index (χ2n) is 28.9. The van der Waals surface area contributed by atoms with Crippen LogP contribution in [0.4, 0.5) is 29.2 Å². The Hall–Kier alpha value is -12.7. The van der Waals surface area contributed by atoms with E-state index in [1.807, 2.05) is 95.0 Å². The zero-order valence-corrected chi connectivity index (χ0v) is 72.6. The lowest BCUT2D eigenvalue weighted by molar-refractivity contribution is 0.00578. The summed E-state index contributed by atoms with van der Waals surface area (Å²) in [5, 5.41) is 45.2. The van der Waals surface area contributed by atoms with E-state index in [4.69, 9.17) is 9.31 Å². The summed E-state index contributed by atoms with van der Waals surface area (Å²) in [5.41, 5.74) is 9.46. The molecule has 2 N–H and O–H groups in total. The monoisotopic (exact) mass is 1770 g/mol. The lowest BCUT2D eigenvalue weighted by atomic mass is 9.75. The Labute approximate surface area is 706 Å². The maximum absolute atomic E-state index is 14.6. The quantitative estimate of drug-likeness (QED) is 0.0416. The predicted octanol–water partition coefficient (Wildman–Crippen LogP) is 14.5. The summed E-state index contributed by atoms with van der Waals surface area (Å²) >= 11 is 6.45. The maximum atomic E-state index is 14.6. The Morgan fingerprint density at radius 3 is 1.25 bits per heavy atom. The summed E-state index contributed by atoms with van der Waals surface area (Å²) in [6.07, 6.45) is 15.9. The van der Waals surface area contributed by atoms with Gasteiger partial charge in [-0.2, -0.15) is 20.4 Å². The van der Waals surface area contributed by atoms with E-state index in [-0.39, 0.29) is 46.1 Å². The van der Waals surface area contributed by atoms with Crippen LogP contribution in [0.3, 0.4) is 0 Å². The molecule has 31 nitrogen and oxygen atoms in total. The number of ether oxygens (including phenoxy) is 3. The Bertz CT molecular complexity index is 5850. The number of tetrazole rings is 2. The minimum atomic E-state index is -0.717. The molecule has 1 aliphatic heterocycles. The molecule has 10 heterocycles. The van der Waals surface area contributed by atoms with E-state index in [1.54, 1.807) is 150 Å². The molecule has 13 aromatic rings. The van der Waals surface area contributed by atoms with E-state index in [9.17, 15) is 41.5 Å². The number of hydrogen-bond donors (Lipinski definition) is 2. The van der Waals surface area contributed by atoms with Crippen molar-refractivity contribution in [2.75, 3.05) is 32.0 Å². The first-order valence-electron chi connectivity index (χ1n) is 36.9. The summed E-state index contributed by atoms with van der Waals surface area (Å²) in [4.78, 5) is 72.9. The third kappa shape index (κ3) is 22.6. The van der Waals surface area contributed by atoms with Crippen molar-refractivity contribution in [1.82, 2.24) is 94.5 Å². The fourth-order valence-electron chi connectivity index (χ4n) is 11.6. The number of nitrogens with zero attached hydrogens (tertiary/aromatic N) is 19. The van der Waals surface area contributed by atoms with Crippen molar-refractivity contribution in [3.05, 3.63) is 235 Å². The van der Waals surface area contributed by atoms with Crippen LogP contribution in [0.2, 0.25) is 0 Å². The summed E-state index contributed by atoms with van der Waals surface area (Å²) < 4.78 is 92.5. The van der Waals surface area contributed by atoms with Crippen LogP contribution in [0.15, 0.2) is 156 Å². The average Bonchev–Trinajstić information content (AvgIpc) is 1.62. The van der Waals surface area contributed by atoms with Gasteiger partial charge in [0.25, 0.3) is 11.8 Å². The van der Waals surface area contributed by atoms with Crippen molar-refractivity contribution in [2.24, 2.45) is 28.2 Å². The molecule has 14 rings (SSSR count). The van der Waals surface area contributed by atoms with Gasteiger partial charge >= 0.3 is 25.0 Å². The average molecular weight is 1770 g/mol.